The van der Waals surface area contributed by atoms with Crippen LogP contribution in [0.25, 0.3) is 0 Å². The molecule has 0 radical (unpaired) electrons. The van der Waals surface area contributed by atoms with E-state index in [-0.39, 0.29) is 23.9 Å². The Morgan fingerprint density at radius 3 is 2.74 bits per heavy atom. The molecule has 1 fully saturated rings. The van der Waals surface area contributed by atoms with Crippen LogP contribution in [-0.2, 0) is 4.74 Å². The summed E-state index contributed by atoms with van der Waals surface area (Å²) in [6, 6.07) is 4.93. The smallest absolute Gasteiger partial charge is 0.410 e. The van der Waals surface area contributed by atoms with E-state index >= 15 is 0 Å². The second-order valence-corrected chi connectivity index (χ2v) is 7.13. The summed E-state index contributed by atoms with van der Waals surface area (Å²) in [4.78, 5) is 13.8. The van der Waals surface area contributed by atoms with Gasteiger partial charge in [0.25, 0.3) is 0 Å². The normalized spacial score (nSPS) is 19.7. The first-order valence-corrected chi connectivity index (χ1v) is 7.91. The molecule has 1 aromatic carbocycles. The predicted molar refractivity (Wildman–Crippen MR) is 87.1 cm³/mol. The third-order valence-corrected chi connectivity index (χ3v) is 4.08. The molecule has 0 aromatic heterocycles. The Kier molecular flexibility index (Phi) is 5.26. The maximum atomic E-state index is 13.8. The van der Waals surface area contributed by atoms with Gasteiger partial charge in [0.2, 0.25) is 0 Å². The second-order valence-electron chi connectivity index (χ2n) is 7.13. The van der Waals surface area contributed by atoms with Gasteiger partial charge >= 0.3 is 6.09 Å². The van der Waals surface area contributed by atoms with Crippen LogP contribution in [0.5, 0.6) is 0 Å². The average Bonchev–Trinajstić information content (AvgIpc) is 2.91. The Hall–Kier alpha value is -1.66. The fourth-order valence-electron chi connectivity index (χ4n) is 2.86. The summed E-state index contributed by atoms with van der Waals surface area (Å²) in [6.07, 6.45) is 0.481. The number of nitrogens with zero attached hydrogens (tertiary/aromatic N) is 1. The van der Waals surface area contributed by atoms with E-state index in [0.29, 0.717) is 18.7 Å². The maximum absolute atomic E-state index is 13.8. The molecule has 1 amide bonds. The molecule has 23 heavy (non-hydrogen) atoms. The van der Waals surface area contributed by atoms with Gasteiger partial charge in [-0.1, -0.05) is 12.1 Å². The molecule has 3 N–H and O–H groups in total. The van der Waals surface area contributed by atoms with E-state index in [2.05, 4.69) is 5.43 Å². The fraction of sp³-hybridized carbons (Fsp3) is 0.588. The van der Waals surface area contributed by atoms with Crippen molar-refractivity contribution >= 4 is 6.09 Å². The lowest BCUT2D eigenvalue weighted by Gasteiger charge is -2.26. The van der Waals surface area contributed by atoms with E-state index in [1.54, 1.807) is 17.9 Å². The van der Waals surface area contributed by atoms with E-state index in [0.717, 1.165) is 12.0 Å². The highest BCUT2D eigenvalue weighted by Gasteiger charge is 2.34. The topological polar surface area (TPSA) is 67.6 Å². The molecule has 2 rings (SSSR count). The molecular weight excluding hydrogens is 297 g/mol. The fourth-order valence-corrected chi connectivity index (χ4v) is 2.86. The first-order valence-electron chi connectivity index (χ1n) is 7.91. The number of rotatable bonds is 3. The number of amides is 1. The number of hydrazine groups is 1. The van der Waals surface area contributed by atoms with Crippen LogP contribution < -0.4 is 11.3 Å². The molecule has 0 aliphatic carbocycles. The van der Waals surface area contributed by atoms with Gasteiger partial charge in [-0.15, -0.1) is 0 Å². The summed E-state index contributed by atoms with van der Waals surface area (Å²) < 4.78 is 19.2. The predicted octanol–water partition coefficient (Wildman–Crippen LogP) is 2.90. The van der Waals surface area contributed by atoms with Gasteiger partial charge < -0.3 is 9.64 Å². The van der Waals surface area contributed by atoms with Crippen molar-refractivity contribution in [3.05, 3.63) is 35.1 Å². The third-order valence-electron chi connectivity index (χ3n) is 4.08. The third kappa shape index (κ3) is 4.42. The van der Waals surface area contributed by atoms with E-state index in [1.165, 1.54) is 6.07 Å². The number of nitrogens with two attached hydrogens (primary N) is 1. The van der Waals surface area contributed by atoms with Crippen molar-refractivity contribution in [2.45, 2.75) is 45.8 Å². The highest BCUT2D eigenvalue weighted by atomic mass is 19.1. The number of aryl methyl sites for hydroxylation is 1. The first kappa shape index (κ1) is 17.7. The lowest BCUT2D eigenvalue weighted by atomic mass is 9.92. The number of hydrogen-bond donors (Lipinski definition) is 2. The van der Waals surface area contributed by atoms with Crippen molar-refractivity contribution in [2.75, 3.05) is 13.1 Å². The molecule has 2 unspecified atom stereocenters. The van der Waals surface area contributed by atoms with Gasteiger partial charge in [0.15, 0.2) is 0 Å². The lowest BCUT2D eigenvalue weighted by molar-refractivity contribution is 0.0285. The minimum atomic E-state index is -0.513. The van der Waals surface area contributed by atoms with Crippen molar-refractivity contribution in [1.29, 1.82) is 0 Å². The van der Waals surface area contributed by atoms with Crippen LogP contribution in [0.1, 0.15) is 44.4 Å². The van der Waals surface area contributed by atoms with E-state index in [9.17, 15) is 9.18 Å². The average molecular weight is 323 g/mol. The van der Waals surface area contributed by atoms with Crippen molar-refractivity contribution in [1.82, 2.24) is 10.3 Å². The molecule has 1 aliphatic heterocycles. The standard InChI is InChI=1S/C17H26FN3O2/c1-11-5-6-12(9-14(11)18)15(20-19)13-7-8-21(10-13)16(22)23-17(2,3)4/h5-6,9,13,15,20H,7-8,10,19H2,1-4H3. The Morgan fingerprint density at radius 1 is 1.48 bits per heavy atom. The number of ether oxygens (including phenoxy) is 1. The monoisotopic (exact) mass is 323 g/mol. The number of likely N-dealkylation sites (tertiary alicyclic amines) is 1. The zero-order chi connectivity index (χ0) is 17.2. The van der Waals surface area contributed by atoms with Crippen molar-refractivity contribution in [3.63, 3.8) is 0 Å². The highest BCUT2D eigenvalue weighted by Crippen LogP contribution is 2.31. The summed E-state index contributed by atoms with van der Waals surface area (Å²) in [7, 11) is 0. The Morgan fingerprint density at radius 2 is 2.17 bits per heavy atom. The second kappa shape index (κ2) is 6.84. The number of nitrogens with one attached hydrogen (secondary N) is 1. The summed E-state index contributed by atoms with van der Waals surface area (Å²) >= 11 is 0. The van der Waals surface area contributed by atoms with Crippen LogP contribution in [0.3, 0.4) is 0 Å². The number of carbonyl (C=O) groups excluding carboxylic acids is 1. The van der Waals surface area contributed by atoms with Gasteiger partial charge in [-0.2, -0.15) is 0 Å². The maximum Gasteiger partial charge on any atom is 0.410 e. The molecule has 5 nitrogen and oxygen atoms in total. The van der Waals surface area contributed by atoms with E-state index < -0.39 is 5.60 Å². The molecule has 1 saturated heterocycles. The molecule has 6 heteroatoms. The van der Waals surface area contributed by atoms with Gasteiger partial charge in [0.05, 0.1) is 6.04 Å². The molecule has 1 heterocycles. The minimum absolute atomic E-state index is 0.120. The van der Waals surface area contributed by atoms with Crippen LogP contribution in [-0.4, -0.2) is 29.7 Å². The quantitative estimate of drug-likeness (QED) is 0.663. The van der Waals surface area contributed by atoms with Gasteiger partial charge in [-0.05, 0) is 57.2 Å². The molecule has 1 aliphatic rings. The summed E-state index contributed by atoms with van der Waals surface area (Å²) in [5, 5.41) is 0. The Bertz CT molecular complexity index is 571. The zero-order valence-electron chi connectivity index (χ0n) is 14.2. The van der Waals surface area contributed by atoms with Crippen molar-refractivity contribution in [3.8, 4) is 0 Å². The van der Waals surface area contributed by atoms with Crippen LogP contribution in [0.2, 0.25) is 0 Å². The zero-order valence-corrected chi connectivity index (χ0v) is 14.2. The van der Waals surface area contributed by atoms with E-state index in [4.69, 9.17) is 10.6 Å². The van der Waals surface area contributed by atoms with Gasteiger partial charge in [0, 0.05) is 13.1 Å². The number of halogens is 1. The van der Waals surface area contributed by atoms with Crippen molar-refractivity contribution < 1.29 is 13.9 Å². The number of hydrogen-bond acceptors (Lipinski definition) is 4. The molecule has 0 spiro atoms. The van der Waals surface area contributed by atoms with Crippen molar-refractivity contribution in [2.24, 2.45) is 11.8 Å². The molecule has 2 atom stereocenters. The first-order chi connectivity index (χ1) is 10.7. The molecule has 0 bridgehead atoms. The van der Waals surface area contributed by atoms with Gasteiger partial charge in [-0.25, -0.2) is 9.18 Å². The SMILES string of the molecule is Cc1ccc(C(NN)C2CCN(C(=O)OC(C)(C)C)C2)cc1F. The number of benzene rings is 1. The number of carbonyl (C=O) groups is 1. The summed E-state index contributed by atoms with van der Waals surface area (Å²) in [5.41, 5.74) is 3.66. The van der Waals surface area contributed by atoms with Crippen LogP contribution in [0.4, 0.5) is 9.18 Å². The molecule has 128 valence electrons. The van der Waals surface area contributed by atoms with E-state index in [1.807, 2.05) is 26.8 Å². The minimum Gasteiger partial charge on any atom is -0.444 e. The largest absolute Gasteiger partial charge is 0.444 e. The molecule has 1 aromatic rings. The highest BCUT2D eigenvalue weighted by molar-refractivity contribution is 5.68. The Balaban J connectivity index is 2.06. The molecular formula is C17H26FN3O2. The lowest BCUT2D eigenvalue weighted by Crippen LogP contribution is -2.38. The van der Waals surface area contributed by atoms with Crippen LogP contribution in [0.15, 0.2) is 18.2 Å². The van der Waals surface area contributed by atoms with Gasteiger partial charge in [0.1, 0.15) is 11.4 Å². The van der Waals surface area contributed by atoms with Gasteiger partial charge in [-0.3, -0.25) is 11.3 Å². The summed E-state index contributed by atoms with van der Waals surface area (Å²) in [5.74, 6) is 5.56. The summed E-state index contributed by atoms with van der Waals surface area (Å²) in [6.45, 7) is 8.42. The molecule has 0 saturated carbocycles. The Labute approximate surface area is 137 Å². The van der Waals surface area contributed by atoms with Crippen LogP contribution >= 0.6 is 0 Å². The van der Waals surface area contributed by atoms with Crippen LogP contribution in [0, 0.1) is 18.7 Å².